The predicted molar refractivity (Wildman–Crippen MR) is 186 cm³/mol. The van der Waals surface area contributed by atoms with Crippen LogP contribution in [0.15, 0.2) is 152 Å². The van der Waals surface area contributed by atoms with Gasteiger partial charge in [-0.15, -0.1) is 70.8 Å². The molecule has 0 fully saturated rings. The number of nitrogens with zero attached hydrogens (tertiary/aromatic N) is 3. The van der Waals surface area contributed by atoms with Gasteiger partial charge in [0.1, 0.15) is 0 Å². The van der Waals surface area contributed by atoms with Crippen LogP contribution in [0.1, 0.15) is 11.1 Å². The van der Waals surface area contributed by atoms with Gasteiger partial charge < -0.3 is 9.55 Å². The molecule has 0 aliphatic rings. The van der Waals surface area contributed by atoms with Gasteiger partial charge in [-0.05, 0) is 47.3 Å². The summed E-state index contributed by atoms with van der Waals surface area (Å²) in [5, 5.41) is 2.41. The number of aromatic nitrogens is 3. The van der Waals surface area contributed by atoms with E-state index in [-0.39, 0.29) is 20.1 Å². The number of hydrogen-bond acceptors (Lipinski definition) is 2. The topological polar surface area (TPSA) is 30.7 Å². The second-order valence-electron chi connectivity index (χ2n) is 11.1. The Balaban J connectivity index is 0.000000209. The molecule has 2 heterocycles. The van der Waals surface area contributed by atoms with E-state index >= 15 is 0 Å². The first-order chi connectivity index (χ1) is 22.1. The van der Waals surface area contributed by atoms with E-state index < -0.39 is 0 Å². The van der Waals surface area contributed by atoms with Gasteiger partial charge in [0.2, 0.25) is 0 Å². The molecule has 0 unspecified atom stereocenters. The van der Waals surface area contributed by atoms with Gasteiger partial charge in [0.25, 0.3) is 0 Å². The Morgan fingerprint density at radius 3 is 2.09 bits per heavy atom. The Bertz CT molecular complexity index is 2160. The molecule has 8 rings (SSSR count). The van der Waals surface area contributed by atoms with Crippen molar-refractivity contribution in [1.29, 1.82) is 0 Å². The first-order valence-corrected chi connectivity index (χ1v) is 15.1. The van der Waals surface area contributed by atoms with Crippen molar-refractivity contribution in [3.8, 4) is 39.5 Å². The fourth-order valence-electron chi connectivity index (χ4n) is 5.54. The van der Waals surface area contributed by atoms with Gasteiger partial charge in [0.15, 0.2) is 0 Å². The zero-order valence-electron chi connectivity index (χ0n) is 25.6. The van der Waals surface area contributed by atoms with E-state index in [4.69, 9.17) is 4.98 Å². The van der Waals surface area contributed by atoms with Gasteiger partial charge >= 0.3 is 0 Å². The SMILES string of the molecule is Cc1c[c-]c(-c2ccc(C)cn2)cc1.[Ir].[c-]1ccc(-c2ccccc2)cc1-c1nc2ccc3ccccc3c2n1-c1ccccc1. The van der Waals surface area contributed by atoms with E-state index in [9.17, 15) is 0 Å². The summed E-state index contributed by atoms with van der Waals surface area (Å²) in [6, 6.07) is 56.7. The number of para-hydroxylation sites is 1. The van der Waals surface area contributed by atoms with Crippen LogP contribution < -0.4 is 0 Å². The van der Waals surface area contributed by atoms with E-state index in [0.717, 1.165) is 44.9 Å². The Kier molecular flexibility index (Phi) is 9.30. The number of benzene rings is 6. The van der Waals surface area contributed by atoms with Gasteiger partial charge in [-0.2, -0.15) is 0 Å². The molecule has 0 aliphatic heterocycles. The van der Waals surface area contributed by atoms with E-state index in [1.807, 2.05) is 49.5 Å². The molecule has 0 aliphatic carbocycles. The normalized spacial score (nSPS) is 10.7. The summed E-state index contributed by atoms with van der Waals surface area (Å²) in [6.07, 6.45) is 1.88. The standard InChI is InChI=1S/C29H19N2.C13H12N.Ir/c1-3-10-21(11-4-1)23-13-9-14-24(20-23)29-30-27-19-18-22-12-7-8-17-26(22)28(27)31(29)25-15-5-2-6-16-25;1-10-3-6-12(7-4-10)13-8-5-11(2)9-14-13;/h1-13,15-20H;3-6,8-9H,1-2H3;/q2*-1;. The molecule has 0 saturated carbocycles. The summed E-state index contributed by atoms with van der Waals surface area (Å²) in [6.45, 7) is 4.10. The second kappa shape index (κ2) is 13.9. The molecule has 0 spiro atoms. The molecule has 46 heavy (non-hydrogen) atoms. The zero-order valence-corrected chi connectivity index (χ0v) is 28.0. The summed E-state index contributed by atoms with van der Waals surface area (Å²) >= 11 is 0. The molecule has 8 aromatic rings. The molecule has 0 bridgehead atoms. The third-order valence-corrected chi connectivity index (χ3v) is 7.86. The number of imidazole rings is 1. The van der Waals surface area contributed by atoms with Crippen LogP contribution in [0.4, 0.5) is 0 Å². The predicted octanol–water partition coefficient (Wildman–Crippen LogP) is 10.5. The van der Waals surface area contributed by atoms with Crippen molar-refractivity contribution in [2.24, 2.45) is 0 Å². The molecule has 1 radical (unpaired) electrons. The molecular weight excluding hydrogens is 739 g/mol. The van der Waals surface area contributed by atoms with Crippen molar-refractivity contribution in [1.82, 2.24) is 14.5 Å². The molecule has 225 valence electrons. The van der Waals surface area contributed by atoms with E-state index in [2.05, 4.69) is 138 Å². The fraction of sp³-hybridized carbons (Fsp3) is 0.0476. The van der Waals surface area contributed by atoms with Gasteiger partial charge in [0, 0.05) is 37.4 Å². The smallest absolute Gasteiger partial charge is 0.0781 e. The van der Waals surface area contributed by atoms with Gasteiger partial charge in [-0.1, -0.05) is 97.9 Å². The quantitative estimate of drug-likeness (QED) is 0.167. The summed E-state index contributed by atoms with van der Waals surface area (Å²) in [4.78, 5) is 9.42. The molecule has 0 N–H and O–H groups in total. The first-order valence-electron chi connectivity index (χ1n) is 15.1. The largest absolute Gasteiger partial charge is 0.333 e. The fourth-order valence-corrected chi connectivity index (χ4v) is 5.54. The number of aryl methyl sites for hydroxylation is 2. The number of fused-ring (bicyclic) bond motifs is 3. The Labute approximate surface area is 283 Å². The first kappa shape index (κ1) is 30.9. The zero-order chi connectivity index (χ0) is 30.6. The summed E-state index contributed by atoms with van der Waals surface area (Å²) < 4.78 is 2.26. The van der Waals surface area contributed by atoms with Gasteiger partial charge in [-0.3, -0.25) is 4.98 Å². The van der Waals surface area contributed by atoms with Crippen molar-refractivity contribution < 1.29 is 20.1 Å². The molecule has 0 saturated heterocycles. The molecule has 2 aromatic heterocycles. The van der Waals surface area contributed by atoms with Crippen LogP contribution in [0.2, 0.25) is 0 Å². The number of rotatable bonds is 4. The molecule has 0 atom stereocenters. The Hall–Kier alpha value is -5.15. The van der Waals surface area contributed by atoms with Crippen LogP contribution in [-0.4, -0.2) is 14.5 Å². The minimum absolute atomic E-state index is 0. The minimum Gasteiger partial charge on any atom is -0.333 e. The average molecular weight is 770 g/mol. The Morgan fingerprint density at radius 1 is 0.609 bits per heavy atom. The molecule has 4 heteroatoms. The average Bonchev–Trinajstić information content (AvgIpc) is 3.51. The maximum absolute atomic E-state index is 5.08. The molecule has 0 amide bonds. The monoisotopic (exact) mass is 770 g/mol. The van der Waals surface area contributed by atoms with Crippen LogP contribution in [-0.2, 0) is 20.1 Å². The third kappa shape index (κ3) is 6.46. The van der Waals surface area contributed by atoms with Crippen molar-refractivity contribution >= 4 is 21.8 Å². The van der Waals surface area contributed by atoms with Gasteiger partial charge in [0.05, 0.1) is 16.9 Å². The maximum Gasteiger partial charge on any atom is 0.0781 e. The van der Waals surface area contributed by atoms with Crippen molar-refractivity contribution in [2.45, 2.75) is 13.8 Å². The van der Waals surface area contributed by atoms with Crippen LogP contribution >= 0.6 is 0 Å². The van der Waals surface area contributed by atoms with E-state index in [0.29, 0.717) is 0 Å². The summed E-state index contributed by atoms with van der Waals surface area (Å²) in [5.74, 6) is 0.898. The van der Waals surface area contributed by atoms with Crippen LogP contribution in [0.25, 0.3) is 61.3 Å². The number of hydrogen-bond donors (Lipinski definition) is 0. The Morgan fingerprint density at radius 2 is 1.35 bits per heavy atom. The van der Waals surface area contributed by atoms with Crippen LogP contribution in [0, 0.1) is 26.0 Å². The van der Waals surface area contributed by atoms with Crippen LogP contribution in [0.5, 0.6) is 0 Å². The second-order valence-corrected chi connectivity index (χ2v) is 11.1. The maximum atomic E-state index is 5.08. The van der Waals surface area contributed by atoms with Crippen molar-refractivity contribution in [2.75, 3.05) is 0 Å². The third-order valence-electron chi connectivity index (χ3n) is 7.86. The van der Waals surface area contributed by atoms with E-state index in [1.54, 1.807) is 0 Å². The molecular formula is C42H31IrN3-2. The summed E-state index contributed by atoms with van der Waals surface area (Å²) in [5.41, 5.74) is 11.0. The van der Waals surface area contributed by atoms with Crippen LogP contribution in [0.3, 0.4) is 0 Å². The van der Waals surface area contributed by atoms with Crippen molar-refractivity contribution in [3.05, 3.63) is 175 Å². The minimum atomic E-state index is 0. The molecule has 6 aromatic carbocycles. The summed E-state index contributed by atoms with van der Waals surface area (Å²) in [7, 11) is 0. The van der Waals surface area contributed by atoms with Gasteiger partial charge in [-0.25, -0.2) is 0 Å². The van der Waals surface area contributed by atoms with Crippen molar-refractivity contribution in [3.63, 3.8) is 0 Å². The van der Waals surface area contributed by atoms with E-state index in [1.165, 1.54) is 27.5 Å². The molecule has 3 nitrogen and oxygen atoms in total. The number of pyridine rings is 1.